The predicted molar refractivity (Wildman–Crippen MR) is 93.2 cm³/mol. The first-order valence-electron chi connectivity index (χ1n) is 7.75. The number of aryl methyl sites for hydroxylation is 1. The number of aromatic nitrogens is 2. The third-order valence-electron chi connectivity index (χ3n) is 3.95. The molecule has 122 valence electrons. The molecule has 0 bridgehead atoms. The van der Waals surface area contributed by atoms with Gasteiger partial charge in [-0.15, -0.1) is 0 Å². The minimum Gasteiger partial charge on any atom is -0.343 e. The van der Waals surface area contributed by atoms with Crippen molar-refractivity contribution in [2.45, 2.75) is 19.8 Å². The van der Waals surface area contributed by atoms with Crippen LogP contribution in [0.4, 0.5) is 5.13 Å². The summed E-state index contributed by atoms with van der Waals surface area (Å²) in [6.07, 6.45) is 1.28. The average Bonchev–Trinajstić information content (AvgIpc) is 3.06. The lowest BCUT2D eigenvalue weighted by Crippen LogP contribution is -2.49. The van der Waals surface area contributed by atoms with Gasteiger partial charge in [-0.2, -0.15) is 4.37 Å². The molecule has 0 N–H and O–H groups in total. The Morgan fingerprint density at radius 3 is 2.52 bits per heavy atom. The van der Waals surface area contributed by atoms with Crippen LogP contribution in [0.3, 0.4) is 0 Å². The fourth-order valence-corrected chi connectivity index (χ4v) is 3.48. The van der Waals surface area contributed by atoms with Crippen LogP contribution in [-0.4, -0.2) is 46.3 Å². The highest BCUT2D eigenvalue weighted by Crippen LogP contribution is 2.19. The highest BCUT2D eigenvalue weighted by atomic mass is 35.5. The highest BCUT2D eigenvalue weighted by Gasteiger charge is 2.23. The van der Waals surface area contributed by atoms with Crippen LogP contribution in [0.15, 0.2) is 24.3 Å². The van der Waals surface area contributed by atoms with Gasteiger partial charge in [0.05, 0.1) is 6.42 Å². The predicted octanol–water partition coefficient (Wildman–Crippen LogP) is 2.65. The molecule has 0 aliphatic carbocycles. The van der Waals surface area contributed by atoms with Crippen molar-refractivity contribution in [3.05, 3.63) is 40.7 Å². The monoisotopic (exact) mass is 350 g/mol. The normalized spacial score (nSPS) is 15.0. The SMILES string of the molecule is CCc1nsc(N2CCN(C(=O)Cc3ccc(Cl)cc3)CC2)n1. The number of halogens is 1. The van der Waals surface area contributed by atoms with Crippen molar-refractivity contribution < 1.29 is 4.79 Å². The summed E-state index contributed by atoms with van der Waals surface area (Å²) in [5.41, 5.74) is 0.999. The van der Waals surface area contributed by atoms with Crippen molar-refractivity contribution in [2.75, 3.05) is 31.1 Å². The van der Waals surface area contributed by atoms with Crippen molar-refractivity contribution in [3.8, 4) is 0 Å². The number of rotatable bonds is 4. The van der Waals surface area contributed by atoms with E-state index < -0.39 is 0 Å². The first-order valence-corrected chi connectivity index (χ1v) is 8.90. The molecule has 2 aromatic rings. The fraction of sp³-hybridized carbons (Fsp3) is 0.438. The lowest BCUT2D eigenvalue weighted by atomic mass is 10.1. The number of nitrogens with zero attached hydrogens (tertiary/aromatic N) is 4. The molecule has 0 radical (unpaired) electrons. The van der Waals surface area contributed by atoms with Crippen molar-refractivity contribution >= 4 is 34.2 Å². The van der Waals surface area contributed by atoms with E-state index in [0.29, 0.717) is 11.4 Å². The summed E-state index contributed by atoms with van der Waals surface area (Å²) in [7, 11) is 0. The maximum Gasteiger partial charge on any atom is 0.227 e. The van der Waals surface area contributed by atoms with E-state index in [2.05, 4.69) is 21.2 Å². The topological polar surface area (TPSA) is 49.3 Å². The molecular weight excluding hydrogens is 332 g/mol. The molecule has 1 saturated heterocycles. The van der Waals surface area contributed by atoms with Gasteiger partial charge in [0.15, 0.2) is 0 Å². The van der Waals surface area contributed by atoms with Crippen LogP contribution in [-0.2, 0) is 17.6 Å². The fourth-order valence-electron chi connectivity index (χ4n) is 2.55. The summed E-state index contributed by atoms with van der Waals surface area (Å²) in [5.74, 6) is 1.06. The van der Waals surface area contributed by atoms with E-state index in [-0.39, 0.29) is 5.91 Å². The zero-order chi connectivity index (χ0) is 16.2. The van der Waals surface area contributed by atoms with E-state index >= 15 is 0 Å². The van der Waals surface area contributed by atoms with Gasteiger partial charge in [-0.3, -0.25) is 4.79 Å². The lowest BCUT2D eigenvalue weighted by molar-refractivity contribution is -0.130. The molecule has 0 atom stereocenters. The molecule has 3 rings (SSSR count). The number of anilines is 1. The molecule has 1 fully saturated rings. The van der Waals surface area contributed by atoms with Crippen LogP contribution < -0.4 is 4.90 Å². The molecule has 7 heteroatoms. The molecule has 1 aliphatic rings. The van der Waals surface area contributed by atoms with Crippen LogP contribution >= 0.6 is 23.1 Å². The zero-order valence-electron chi connectivity index (χ0n) is 13.0. The molecule has 0 saturated carbocycles. The van der Waals surface area contributed by atoms with E-state index in [1.807, 2.05) is 29.2 Å². The number of piperazine rings is 1. The number of carbonyl (C=O) groups excluding carboxylic acids is 1. The van der Waals surface area contributed by atoms with Gasteiger partial charge < -0.3 is 9.80 Å². The van der Waals surface area contributed by atoms with E-state index in [0.717, 1.165) is 49.1 Å². The Labute approximate surface area is 145 Å². The largest absolute Gasteiger partial charge is 0.343 e. The Morgan fingerprint density at radius 2 is 1.91 bits per heavy atom. The van der Waals surface area contributed by atoms with Gasteiger partial charge >= 0.3 is 0 Å². The standard InChI is InChI=1S/C16H19ClN4OS/c1-2-14-18-16(23-19-14)21-9-7-20(8-10-21)15(22)11-12-3-5-13(17)6-4-12/h3-6H,2,7-11H2,1H3. The molecule has 1 aliphatic heterocycles. The molecule has 1 amide bonds. The van der Waals surface area contributed by atoms with Crippen molar-refractivity contribution in [1.29, 1.82) is 0 Å². The van der Waals surface area contributed by atoms with Gasteiger partial charge in [-0.05, 0) is 17.7 Å². The van der Waals surface area contributed by atoms with Crippen molar-refractivity contribution in [3.63, 3.8) is 0 Å². The molecule has 1 aromatic heterocycles. The third-order valence-corrected chi connectivity index (χ3v) is 5.01. The van der Waals surface area contributed by atoms with Gasteiger partial charge in [-0.1, -0.05) is 30.7 Å². The minimum absolute atomic E-state index is 0.165. The summed E-state index contributed by atoms with van der Waals surface area (Å²) in [4.78, 5) is 21.0. The smallest absolute Gasteiger partial charge is 0.227 e. The summed E-state index contributed by atoms with van der Waals surface area (Å²) in [5, 5.41) is 1.66. The van der Waals surface area contributed by atoms with Gasteiger partial charge in [0.25, 0.3) is 0 Å². The minimum atomic E-state index is 0.165. The van der Waals surface area contributed by atoms with Crippen LogP contribution in [0.1, 0.15) is 18.3 Å². The Balaban J connectivity index is 1.53. The first kappa shape index (κ1) is 16.2. The van der Waals surface area contributed by atoms with Crippen LogP contribution in [0, 0.1) is 0 Å². The maximum atomic E-state index is 12.4. The summed E-state index contributed by atoms with van der Waals surface area (Å²) in [6, 6.07) is 7.46. The van der Waals surface area contributed by atoms with Crippen LogP contribution in [0.5, 0.6) is 0 Å². The molecule has 1 aromatic carbocycles. The molecule has 5 nitrogen and oxygen atoms in total. The highest BCUT2D eigenvalue weighted by molar-refractivity contribution is 7.09. The van der Waals surface area contributed by atoms with E-state index in [1.54, 1.807) is 0 Å². The molecule has 2 heterocycles. The zero-order valence-corrected chi connectivity index (χ0v) is 14.6. The Morgan fingerprint density at radius 1 is 1.22 bits per heavy atom. The van der Waals surface area contributed by atoms with E-state index in [4.69, 9.17) is 11.6 Å². The summed E-state index contributed by atoms with van der Waals surface area (Å²) < 4.78 is 4.32. The molecule has 0 unspecified atom stereocenters. The summed E-state index contributed by atoms with van der Waals surface area (Å²) >= 11 is 7.32. The first-order chi connectivity index (χ1) is 11.2. The number of hydrogen-bond donors (Lipinski definition) is 0. The van der Waals surface area contributed by atoms with Gasteiger partial charge in [0.2, 0.25) is 11.0 Å². The Kier molecular flexibility index (Phi) is 5.13. The third kappa shape index (κ3) is 4.00. The average molecular weight is 351 g/mol. The number of amides is 1. The van der Waals surface area contributed by atoms with E-state index in [9.17, 15) is 4.79 Å². The number of carbonyl (C=O) groups is 1. The number of hydrogen-bond acceptors (Lipinski definition) is 5. The van der Waals surface area contributed by atoms with Gasteiger partial charge in [0.1, 0.15) is 5.82 Å². The quantitative estimate of drug-likeness (QED) is 0.850. The lowest BCUT2D eigenvalue weighted by Gasteiger charge is -2.34. The maximum absolute atomic E-state index is 12.4. The second-order valence-corrected chi connectivity index (χ2v) is 6.68. The second kappa shape index (κ2) is 7.27. The van der Waals surface area contributed by atoms with Gasteiger partial charge in [0, 0.05) is 49.2 Å². The van der Waals surface area contributed by atoms with Crippen LogP contribution in [0.25, 0.3) is 0 Å². The molecular formula is C16H19ClN4OS. The Hall–Kier alpha value is -1.66. The van der Waals surface area contributed by atoms with Crippen LogP contribution in [0.2, 0.25) is 5.02 Å². The molecule has 23 heavy (non-hydrogen) atoms. The Bertz CT molecular complexity index is 665. The second-order valence-electron chi connectivity index (χ2n) is 5.52. The van der Waals surface area contributed by atoms with Gasteiger partial charge in [-0.25, -0.2) is 4.98 Å². The van der Waals surface area contributed by atoms with Crippen molar-refractivity contribution in [1.82, 2.24) is 14.3 Å². The van der Waals surface area contributed by atoms with Crippen molar-refractivity contribution in [2.24, 2.45) is 0 Å². The summed E-state index contributed by atoms with van der Waals surface area (Å²) in [6.45, 7) is 5.13. The number of benzene rings is 1. The van der Waals surface area contributed by atoms with E-state index in [1.165, 1.54) is 11.5 Å². The molecule has 0 spiro atoms.